The maximum Gasteiger partial charge on any atom is 0.290 e. The van der Waals surface area contributed by atoms with Gasteiger partial charge in [0, 0.05) is 16.7 Å². The van der Waals surface area contributed by atoms with Crippen LogP contribution in [0, 0.1) is 5.92 Å². The normalized spacial score (nSPS) is 19.4. The van der Waals surface area contributed by atoms with Crippen LogP contribution in [0.5, 0.6) is 0 Å². The molecule has 0 bridgehead atoms. The van der Waals surface area contributed by atoms with E-state index in [9.17, 15) is 9.59 Å². The molecule has 0 aromatic heterocycles. The number of nitrogens with one attached hydrogen (secondary N) is 1. The van der Waals surface area contributed by atoms with Crippen molar-refractivity contribution in [3.05, 3.63) is 28.7 Å². The van der Waals surface area contributed by atoms with Crippen LogP contribution in [0.3, 0.4) is 0 Å². The van der Waals surface area contributed by atoms with Crippen LogP contribution >= 0.6 is 27.7 Å². The van der Waals surface area contributed by atoms with Crippen LogP contribution in [0.2, 0.25) is 0 Å². The third kappa shape index (κ3) is 3.51. The first-order valence-corrected chi connectivity index (χ1v) is 7.68. The number of hydrogen-bond donors (Lipinski definition) is 1. The standard InChI is InChI=1S/C13H15BrN2O2S/c1-8(2)7-16-12(17)11(19-13(16)18)15-10-5-3-9(14)4-6-10/h3-6,8,11,15H,7H2,1-2H3. The van der Waals surface area contributed by atoms with Crippen LogP contribution in [0.1, 0.15) is 13.8 Å². The first-order valence-electron chi connectivity index (χ1n) is 6.01. The van der Waals surface area contributed by atoms with Crippen LogP contribution in [-0.2, 0) is 4.79 Å². The van der Waals surface area contributed by atoms with Gasteiger partial charge in [0.1, 0.15) is 0 Å². The molecule has 0 aliphatic carbocycles. The van der Waals surface area contributed by atoms with E-state index in [2.05, 4.69) is 21.2 Å². The summed E-state index contributed by atoms with van der Waals surface area (Å²) in [7, 11) is 0. The van der Waals surface area contributed by atoms with Gasteiger partial charge in [0.05, 0.1) is 0 Å². The molecule has 1 atom stereocenters. The molecular weight excluding hydrogens is 328 g/mol. The number of carbonyl (C=O) groups is 2. The van der Waals surface area contributed by atoms with E-state index in [-0.39, 0.29) is 17.1 Å². The average molecular weight is 343 g/mol. The van der Waals surface area contributed by atoms with Gasteiger partial charge in [-0.2, -0.15) is 0 Å². The summed E-state index contributed by atoms with van der Waals surface area (Å²) < 4.78 is 0.973. The molecule has 4 nitrogen and oxygen atoms in total. The second-order valence-electron chi connectivity index (χ2n) is 4.76. The topological polar surface area (TPSA) is 49.4 Å². The lowest BCUT2D eigenvalue weighted by atomic mass is 10.2. The van der Waals surface area contributed by atoms with Gasteiger partial charge in [-0.15, -0.1) is 0 Å². The first kappa shape index (κ1) is 14.4. The Bertz CT molecular complexity index is 490. The minimum atomic E-state index is -0.521. The van der Waals surface area contributed by atoms with Crippen LogP contribution in [0.4, 0.5) is 10.5 Å². The highest BCUT2D eigenvalue weighted by molar-refractivity contribution is 9.10. The van der Waals surface area contributed by atoms with E-state index in [1.54, 1.807) is 0 Å². The van der Waals surface area contributed by atoms with Crippen LogP contribution in [0.25, 0.3) is 0 Å². The van der Waals surface area contributed by atoms with Crippen molar-refractivity contribution in [2.75, 3.05) is 11.9 Å². The van der Waals surface area contributed by atoms with E-state index >= 15 is 0 Å². The van der Waals surface area contributed by atoms with Gasteiger partial charge in [0.15, 0.2) is 5.37 Å². The number of imide groups is 1. The van der Waals surface area contributed by atoms with Gasteiger partial charge in [-0.3, -0.25) is 14.5 Å². The highest BCUT2D eigenvalue weighted by Crippen LogP contribution is 2.29. The summed E-state index contributed by atoms with van der Waals surface area (Å²) in [5.41, 5.74) is 0.827. The van der Waals surface area contributed by atoms with E-state index in [0.717, 1.165) is 21.9 Å². The fourth-order valence-corrected chi connectivity index (χ4v) is 2.95. The van der Waals surface area contributed by atoms with Gasteiger partial charge in [0.2, 0.25) is 0 Å². The fourth-order valence-electron chi connectivity index (χ4n) is 1.76. The lowest BCUT2D eigenvalue weighted by Gasteiger charge is -2.16. The van der Waals surface area contributed by atoms with Crippen molar-refractivity contribution in [1.82, 2.24) is 4.90 Å². The van der Waals surface area contributed by atoms with E-state index in [1.807, 2.05) is 38.1 Å². The predicted octanol–water partition coefficient (Wildman–Crippen LogP) is 3.54. The smallest absolute Gasteiger partial charge is 0.290 e. The Morgan fingerprint density at radius 3 is 2.53 bits per heavy atom. The highest BCUT2D eigenvalue weighted by Gasteiger charge is 2.39. The summed E-state index contributed by atoms with van der Waals surface area (Å²) >= 11 is 4.39. The number of carbonyl (C=O) groups excluding carboxylic acids is 2. The molecule has 1 saturated heterocycles. The highest BCUT2D eigenvalue weighted by atomic mass is 79.9. The Labute approximate surface area is 125 Å². The number of anilines is 1. The number of hydrogen-bond acceptors (Lipinski definition) is 4. The Balaban J connectivity index is 2.04. The number of thioether (sulfide) groups is 1. The number of halogens is 1. The summed E-state index contributed by atoms with van der Waals surface area (Å²) in [6.07, 6.45) is 0. The molecule has 1 aromatic rings. The SMILES string of the molecule is CC(C)CN1C(=O)SC(Nc2ccc(Br)cc2)C1=O. The lowest BCUT2D eigenvalue weighted by molar-refractivity contribution is -0.126. The second-order valence-corrected chi connectivity index (χ2v) is 6.73. The summed E-state index contributed by atoms with van der Waals surface area (Å²) in [4.78, 5) is 25.3. The van der Waals surface area contributed by atoms with E-state index < -0.39 is 5.37 Å². The zero-order valence-corrected chi connectivity index (χ0v) is 13.1. The maximum absolute atomic E-state index is 12.1. The third-order valence-corrected chi connectivity index (χ3v) is 4.12. The Hall–Kier alpha value is -1.01. The fraction of sp³-hybridized carbons (Fsp3) is 0.385. The number of benzene rings is 1. The molecule has 1 aliphatic rings. The molecule has 1 N–H and O–H groups in total. The minimum absolute atomic E-state index is 0.161. The van der Waals surface area contributed by atoms with Gasteiger partial charge in [0.25, 0.3) is 11.1 Å². The molecule has 0 radical (unpaired) electrons. The molecular formula is C13H15BrN2O2S. The number of rotatable bonds is 4. The van der Waals surface area contributed by atoms with Gasteiger partial charge in [-0.1, -0.05) is 29.8 Å². The van der Waals surface area contributed by atoms with Crippen molar-refractivity contribution >= 4 is 44.5 Å². The van der Waals surface area contributed by atoms with Gasteiger partial charge in [-0.25, -0.2) is 0 Å². The van der Waals surface area contributed by atoms with Crippen molar-refractivity contribution in [2.45, 2.75) is 19.2 Å². The molecule has 2 rings (SSSR count). The first-order chi connectivity index (χ1) is 8.97. The predicted molar refractivity (Wildman–Crippen MR) is 81.1 cm³/mol. The lowest BCUT2D eigenvalue weighted by Crippen LogP contribution is -2.36. The quantitative estimate of drug-likeness (QED) is 0.909. The molecule has 102 valence electrons. The molecule has 1 unspecified atom stereocenters. The molecule has 1 aliphatic heterocycles. The number of nitrogens with zero attached hydrogens (tertiary/aromatic N) is 1. The third-order valence-electron chi connectivity index (χ3n) is 2.62. The number of amides is 2. The summed E-state index contributed by atoms with van der Waals surface area (Å²) in [5, 5.41) is 2.39. The van der Waals surface area contributed by atoms with Gasteiger partial charge < -0.3 is 5.32 Å². The Kier molecular flexibility index (Phi) is 4.52. The van der Waals surface area contributed by atoms with Crippen molar-refractivity contribution in [3.63, 3.8) is 0 Å². The zero-order valence-electron chi connectivity index (χ0n) is 10.7. The molecule has 6 heteroatoms. The van der Waals surface area contributed by atoms with Crippen LogP contribution in [-0.4, -0.2) is 28.0 Å². The van der Waals surface area contributed by atoms with Crippen molar-refractivity contribution in [3.8, 4) is 0 Å². The van der Waals surface area contributed by atoms with E-state index in [4.69, 9.17) is 0 Å². The van der Waals surface area contributed by atoms with Crippen LogP contribution in [0.15, 0.2) is 28.7 Å². The molecule has 2 amide bonds. The minimum Gasteiger partial charge on any atom is -0.365 e. The molecule has 19 heavy (non-hydrogen) atoms. The summed E-state index contributed by atoms with van der Waals surface area (Å²) in [5.74, 6) is 0.117. The second kappa shape index (κ2) is 5.96. The van der Waals surface area contributed by atoms with Crippen molar-refractivity contribution in [2.24, 2.45) is 5.92 Å². The van der Waals surface area contributed by atoms with Gasteiger partial charge in [-0.05, 0) is 41.9 Å². The summed E-state index contributed by atoms with van der Waals surface area (Å²) in [6.45, 7) is 4.45. The molecule has 1 heterocycles. The molecule has 0 saturated carbocycles. The largest absolute Gasteiger partial charge is 0.365 e. The molecule has 1 fully saturated rings. The van der Waals surface area contributed by atoms with E-state index in [1.165, 1.54) is 4.90 Å². The molecule has 0 spiro atoms. The Morgan fingerprint density at radius 1 is 1.32 bits per heavy atom. The maximum atomic E-state index is 12.1. The van der Waals surface area contributed by atoms with Crippen molar-refractivity contribution < 1.29 is 9.59 Å². The monoisotopic (exact) mass is 342 g/mol. The molecule has 1 aromatic carbocycles. The zero-order chi connectivity index (χ0) is 14.0. The van der Waals surface area contributed by atoms with Crippen LogP contribution < -0.4 is 5.32 Å². The van der Waals surface area contributed by atoms with Crippen molar-refractivity contribution in [1.29, 1.82) is 0 Å². The summed E-state index contributed by atoms with van der Waals surface area (Å²) in [6, 6.07) is 7.52. The van der Waals surface area contributed by atoms with Gasteiger partial charge >= 0.3 is 0 Å². The van der Waals surface area contributed by atoms with E-state index in [0.29, 0.717) is 6.54 Å². The Morgan fingerprint density at radius 2 is 1.95 bits per heavy atom. The average Bonchev–Trinajstić information content (AvgIpc) is 2.60.